The summed E-state index contributed by atoms with van der Waals surface area (Å²) in [6.45, 7) is 13.8. The summed E-state index contributed by atoms with van der Waals surface area (Å²) in [5, 5.41) is 3.30. The molecule has 0 unspecified atom stereocenters. The monoisotopic (exact) mass is 331 g/mol. The van der Waals surface area contributed by atoms with Crippen LogP contribution in [0, 0.1) is 0 Å². The van der Waals surface area contributed by atoms with Gasteiger partial charge in [0.05, 0.1) is 16.6 Å². The van der Waals surface area contributed by atoms with Gasteiger partial charge in [0.1, 0.15) is 0 Å². The first kappa shape index (κ1) is 18.9. The molecule has 0 bridgehead atoms. The maximum Gasteiger partial charge on any atom is 0.0929 e. The summed E-state index contributed by atoms with van der Waals surface area (Å²) in [6, 6.07) is 0. The number of aromatic nitrogens is 1. The van der Waals surface area contributed by atoms with Gasteiger partial charge in [0, 0.05) is 11.8 Å². The molecule has 0 atom stereocenters. The zero-order chi connectivity index (χ0) is 15.5. The van der Waals surface area contributed by atoms with E-state index >= 15 is 0 Å². The van der Waals surface area contributed by atoms with Crippen LogP contribution in [0.1, 0.15) is 44.3 Å². The van der Waals surface area contributed by atoms with Crippen molar-refractivity contribution >= 4 is 22.9 Å². The highest BCUT2D eigenvalue weighted by Gasteiger charge is 2.06. The fourth-order valence-corrected chi connectivity index (χ4v) is 3.53. The van der Waals surface area contributed by atoms with E-state index in [4.69, 9.17) is 11.6 Å². The molecule has 0 amide bonds. The van der Waals surface area contributed by atoms with Crippen molar-refractivity contribution in [3.05, 3.63) is 16.1 Å². The molecule has 0 spiro atoms. The number of alkyl halides is 1. The molecule has 0 aliphatic rings. The first-order valence-corrected chi connectivity index (χ1v) is 9.58. The number of thiazole rings is 1. The van der Waals surface area contributed by atoms with Crippen LogP contribution in [0.5, 0.6) is 0 Å². The Morgan fingerprint density at radius 3 is 2.19 bits per heavy atom. The molecule has 122 valence electrons. The second kappa shape index (κ2) is 11.4. The van der Waals surface area contributed by atoms with Crippen molar-refractivity contribution in [2.75, 3.05) is 39.3 Å². The molecule has 3 nitrogen and oxygen atoms in total. The lowest BCUT2D eigenvalue weighted by atomic mass is 10.2. The van der Waals surface area contributed by atoms with Gasteiger partial charge in [-0.2, -0.15) is 0 Å². The molecule has 1 rings (SSSR count). The third kappa shape index (κ3) is 7.59. The third-order valence-electron chi connectivity index (χ3n) is 3.89. The Labute approximate surface area is 139 Å². The summed E-state index contributed by atoms with van der Waals surface area (Å²) < 4.78 is 0. The number of aryl methyl sites for hydroxylation is 1. The van der Waals surface area contributed by atoms with Crippen LogP contribution in [-0.4, -0.2) is 54.1 Å². The minimum Gasteiger partial charge on any atom is -0.304 e. The van der Waals surface area contributed by atoms with Gasteiger partial charge in [-0.3, -0.25) is 0 Å². The zero-order valence-electron chi connectivity index (χ0n) is 13.8. The van der Waals surface area contributed by atoms with E-state index in [1.54, 1.807) is 11.3 Å². The number of halogens is 1. The summed E-state index contributed by atoms with van der Waals surface area (Å²) in [5.41, 5.74) is 1.02. The summed E-state index contributed by atoms with van der Waals surface area (Å²) in [7, 11) is 0. The Bertz CT molecular complexity index is 366. The highest BCUT2D eigenvalue weighted by atomic mass is 35.5. The fourth-order valence-electron chi connectivity index (χ4n) is 2.46. The Morgan fingerprint density at radius 2 is 1.62 bits per heavy atom. The second-order valence-electron chi connectivity index (χ2n) is 5.28. The molecular formula is C16H30ClN3S. The van der Waals surface area contributed by atoms with Crippen molar-refractivity contribution in [3.8, 4) is 0 Å². The molecule has 0 aromatic carbocycles. The SMILES string of the molecule is CCN(CC)CCCN(CC)CCCc1nc(CCl)cs1. The van der Waals surface area contributed by atoms with Crippen LogP contribution >= 0.6 is 22.9 Å². The lowest BCUT2D eigenvalue weighted by molar-refractivity contribution is 0.242. The van der Waals surface area contributed by atoms with Crippen LogP contribution < -0.4 is 0 Å². The lowest BCUT2D eigenvalue weighted by Crippen LogP contribution is -2.30. The van der Waals surface area contributed by atoms with Crippen LogP contribution in [-0.2, 0) is 12.3 Å². The molecule has 21 heavy (non-hydrogen) atoms. The molecule has 0 aliphatic heterocycles. The Hall–Kier alpha value is -0.160. The average molecular weight is 332 g/mol. The number of nitrogens with zero attached hydrogens (tertiary/aromatic N) is 3. The van der Waals surface area contributed by atoms with Crippen LogP contribution in [0.15, 0.2) is 5.38 Å². The Morgan fingerprint density at radius 1 is 1.00 bits per heavy atom. The molecule has 0 saturated carbocycles. The smallest absolute Gasteiger partial charge is 0.0929 e. The van der Waals surface area contributed by atoms with E-state index in [2.05, 4.69) is 40.9 Å². The highest BCUT2D eigenvalue weighted by Crippen LogP contribution is 2.13. The molecule has 1 heterocycles. The molecule has 0 aliphatic carbocycles. The number of hydrogen-bond donors (Lipinski definition) is 0. The molecular weight excluding hydrogens is 302 g/mol. The van der Waals surface area contributed by atoms with Crippen LogP contribution in [0.4, 0.5) is 0 Å². The molecule has 0 saturated heterocycles. The van der Waals surface area contributed by atoms with Gasteiger partial charge in [0.15, 0.2) is 0 Å². The van der Waals surface area contributed by atoms with Crippen LogP contribution in [0.2, 0.25) is 0 Å². The van der Waals surface area contributed by atoms with Crippen LogP contribution in [0.3, 0.4) is 0 Å². The van der Waals surface area contributed by atoms with E-state index in [0.717, 1.165) is 31.7 Å². The van der Waals surface area contributed by atoms with Gasteiger partial charge in [0.25, 0.3) is 0 Å². The largest absolute Gasteiger partial charge is 0.304 e. The van der Waals surface area contributed by atoms with Crippen molar-refractivity contribution in [2.45, 2.75) is 45.9 Å². The number of rotatable bonds is 12. The van der Waals surface area contributed by atoms with E-state index < -0.39 is 0 Å². The molecule has 1 aromatic rings. The maximum atomic E-state index is 5.79. The van der Waals surface area contributed by atoms with E-state index in [1.807, 2.05) is 0 Å². The van der Waals surface area contributed by atoms with E-state index in [9.17, 15) is 0 Å². The number of hydrogen-bond acceptors (Lipinski definition) is 4. The van der Waals surface area contributed by atoms with Crippen molar-refractivity contribution in [3.63, 3.8) is 0 Å². The molecule has 0 N–H and O–H groups in total. The molecule has 0 radical (unpaired) electrons. The van der Waals surface area contributed by atoms with Gasteiger partial charge in [0.2, 0.25) is 0 Å². The van der Waals surface area contributed by atoms with Crippen LogP contribution in [0.25, 0.3) is 0 Å². The van der Waals surface area contributed by atoms with Crippen molar-refractivity contribution in [1.82, 2.24) is 14.8 Å². The summed E-state index contributed by atoms with van der Waals surface area (Å²) in [6.07, 6.45) is 3.53. The topological polar surface area (TPSA) is 19.4 Å². The highest BCUT2D eigenvalue weighted by molar-refractivity contribution is 7.09. The van der Waals surface area contributed by atoms with Crippen molar-refractivity contribution < 1.29 is 0 Å². The van der Waals surface area contributed by atoms with Gasteiger partial charge in [-0.15, -0.1) is 22.9 Å². The fraction of sp³-hybridized carbons (Fsp3) is 0.812. The van der Waals surface area contributed by atoms with E-state index in [-0.39, 0.29) is 0 Å². The van der Waals surface area contributed by atoms with Gasteiger partial charge in [-0.1, -0.05) is 20.8 Å². The van der Waals surface area contributed by atoms with Gasteiger partial charge < -0.3 is 9.80 Å². The second-order valence-corrected chi connectivity index (χ2v) is 6.49. The molecule has 0 fully saturated rings. The zero-order valence-corrected chi connectivity index (χ0v) is 15.3. The molecule has 5 heteroatoms. The third-order valence-corrected chi connectivity index (χ3v) is 5.12. The Balaban J connectivity index is 2.18. The van der Waals surface area contributed by atoms with Crippen molar-refractivity contribution in [2.24, 2.45) is 0 Å². The standard InChI is InChI=1S/C16H30ClN3S/c1-4-19(5-2)11-8-12-20(6-3)10-7-9-16-18-15(13-17)14-21-16/h14H,4-13H2,1-3H3. The predicted octanol–water partition coefficient (Wildman–Crippen LogP) is 3.87. The predicted molar refractivity (Wildman–Crippen MR) is 94.5 cm³/mol. The van der Waals surface area contributed by atoms with Crippen molar-refractivity contribution in [1.29, 1.82) is 0 Å². The summed E-state index contributed by atoms with van der Waals surface area (Å²) >= 11 is 7.53. The van der Waals surface area contributed by atoms with E-state index in [1.165, 1.54) is 37.5 Å². The maximum absolute atomic E-state index is 5.79. The lowest BCUT2D eigenvalue weighted by Gasteiger charge is -2.23. The summed E-state index contributed by atoms with van der Waals surface area (Å²) in [5.74, 6) is 0.531. The van der Waals surface area contributed by atoms with E-state index in [0.29, 0.717) is 5.88 Å². The minimum atomic E-state index is 0.531. The normalized spacial score (nSPS) is 11.7. The van der Waals surface area contributed by atoms with Gasteiger partial charge in [-0.25, -0.2) is 4.98 Å². The first-order chi connectivity index (χ1) is 10.2. The minimum absolute atomic E-state index is 0.531. The van der Waals surface area contributed by atoms with Gasteiger partial charge >= 0.3 is 0 Å². The summed E-state index contributed by atoms with van der Waals surface area (Å²) in [4.78, 5) is 9.57. The molecule has 1 aromatic heterocycles. The average Bonchev–Trinajstić information content (AvgIpc) is 2.97. The van der Waals surface area contributed by atoms with Gasteiger partial charge in [-0.05, 0) is 52.1 Å². The Kier molecular flexibility index (Phi) is 10.3. The quantitative estimate of drug-likeness (QED) is 0.542. The first-order valence-electron chi connectivity index (χ1n) is 8.17.